The predicted octanol–water partition coefficient (Wildman–Crippen LogP) is 19.4. The zero-order valence-electron chi connectivity index (χ0n) is 55.8. The summed E-state index contributed by atoms with van der Waals surface area (Å²) in [6.45, 7) is 9.36. The zero-order chi connectivity index (χ0) is 62.3. The first-order chi connectivity index (χ1) is 40.7. The molecule has 4 heterocycles. The van der Waals surface area contributed by atoms with Crippen molar-refractivity contribution in [2.75, 3.05) is 4.90 Å². The van der Waals surface area contributed by atoms with E-state index in [9.17, 15) is 2.74 Å². The molecule has 0 unspecified atom stereocenters. The van der Waals surface area contributed by atoms with E-state index >= 15 is 0 Å². The Bertz CT molecular complexity index is 4630. The first-order valence-electron chi connectivity index (χ1n) is 31.4. The Labute approximate surface area is 484 Å². The maximum Gasteiger partial charge on any atom is 0.135 e. The van der Waals surface area contributed by atoms with Gasteiger partial charge in [0.15, 0.2) is 0 Å². The molecule has 0 saturated heterocycles. The summed E-state index contributed by atoms with van der Waals surface area (Å²) in [4.78, 5) is 6.90. The second kappa shape index (κ2) is 19.0. The smallest absolute Gasteiger partial charge is 0.135 e. The average Bonchev–Trinajstić information content (AvgIpc) is 2.03. The Hall–Kier alpha value is -7.33. The monoisotopic (exact) mass is 1200 g/mol. The molecule has 0 saturated carbocycles. The molecule has 0 amide bonds. The number of nitrogens with zero attached hydrogens (tertiary/aromatic N) is 4. The Kier molecular flexibility index (Phi) is 9.86. The molecule has 0 fully saturated rings. The molecule has 0 N–H and O–H groups in total. The van der Waals surface area contributed by atoms with Crippen LogP contribution in [-0.2, 0) is 43.7 Å². The van der Waals surface area contributed by atoms with Crippen LogP contribution in [0.3, 0.4) is 0 Å². The standard InChI is InChI=1S/C71H67N4O.Pt/c1-68(2,3)43-45-21-17-28-58-60-29-19-27-53(46-37-48(70(7,8)9)39-49(38-46)71(10,11)12)66(60)74-44-73(62-32-20-30-59(67(62)74)54-24-13-14-26-57(54)65(45)58)50-22-18-23-51(41-50)76-52-33-34-56-55-25-15-16-31-61(55)75(63(56)42-52)64-40-47(35-36-72-64)69(4,5)6;/h13-40,44H,43H2,1-12H3;/q-3;/i7D3,8D3,9D3,43D2;. The van der Waals surface area contributed by atoms with Gasteiger partial charge in [0.2, 0.25) is 0 Å². The topological polar surface area (TPSA) is 35.2 Å². The van der Waals surface area contributed by atoms with Gasteiger partial charge in [-0.15, -0.1) is 35.7 Å². The van der Waals surface area contributed by atoms with Crippen LogP contribution in [0.1, 0.15) is 120 Å². The molecule has 1 aliphatic rings. The van der Waals surface area contributed by atoms with E-state index in [1.54, 1.807) is 0 Å². The van der Waals surface area contributed by atoms with Crippen LogP contribution in [0.15, 0.2) is 170 Å². The third-order valence-electron chi connectivity index (χ3n) is 14.5. The van der Waals surface area contributed by atoms with Crippen LogP contribution >= 0.6 is 0 Å². The first-order valence-corrected chi connectivity index (χ1v) is 25.9. The number of fused-ring (bicyclic) bond motifs is 10. The van der Waals surface area contributed by atoms with Crippen LogP contribution in [0.5, 0.6) is 11.5 Å². The molecule has 0 spiro atoms. The summed E-state index contributed by atoms with van der Waals surface area (Å²) in [5, 5.41) is 6.54. The molecule has 390 valence electrons. The van der Waals surface area contributed by atoms with E-state index in [0.717, 1.165) is 60.5 Å². The molecule has 8 aromatic carbocycles. The normalized spacial score (nSPS) is 15.8. The molecule has 1 aliphatic heterocycles. The number of aromatic nitrogens is 3. The number of hydrogen-bond acceptors (Lipinski definition) is 3. The number of benzene rings is 8. The molecule has 3 aromatic heterocycles. The van der Waals surface area contributed by atoms with Crippen LogP contribution in [-0.4, -0.2) is 14.1 Å². The van der Waals surface area contributed by atoms with Crippen LogP contribution in [0.2, 0.25) is 0 Å². The van der Waals surface area contributed by atoms with E-state index in [2.05, 4.69) is 78.4 Å². The molecular weight excluding hydrogens is 1120 g/mol. The van der Waals surface area contributed by atoms with E-state index in [0.29, 0.717) is 61.1 Å². The van der Waals surface area contributed by atoms with E-state index in [1.807, 2.05) is 175 Å². The van der Waals surface area contributed by atoms with Crippen LogP contribution in [0.25, 0.3) is 82.1 Å². The number of para-hydroxylation sites is 3. The summed E-state index contributed by atoms with van der Waals surface area (Å²) in [7, 11) is 0. The van der Waals surface area contributed by atoms with E-state index in [1.165, 1.54) is 12.1 Å². The van der Waals surface area contributed by atoms with Gasteiger partial charge >= 0.3 is 0 Å². The number of pyridine rings is 1. The van der Waals surface area contributed by atoms with E-state index in [4.69, 9.17) is 22.1 Å². The minimum Gasteiger partial charge on any atom is -0.509 e. The molecule has 11 aromatic rings. The number of ether oxygens (including phenoxy) is 1. The van der Waals surface area contributed by atoms with Gasteiger partial charge in [-0.25, -0.2) is 4.98 Å². The predicted molar refractivity (Wildman–Crippen MR) is 321 cm³/mol. The minimum absolute atomic E-state index is 0. The second-order valence-electron chi connectivity index (χ2n) is 23.3. The quantitative estimate of drug-likeness (QED) is 0.156. The summed E-state index contributed by atoms with van der Waals surface area (Å²) in [5.74, 6) is 1.64. The van der Waals surface area contributed by atoms with Gasteiger partial charge in [0.1, 0.15) is 5.82 Å². The average molecular weight is 1200 g/mol. The second-order valence-corrected chi connectivity index (χ2v) is 23.3. The van der Waals surface area contributed by atoms with E-state index < -0.39 is 43.2 Å². The molecule has 0 atom stereocenters. The minimum atomic E-state index is -3.53. The largest absolute Gasteiger partial charge is 0.509 e. The van der Waals surface area contributed by atoms with Gasteiger partial charge in [0.25, 0.3) is 0 Å². The van der Waals surface area contributed by atoms with Crippen molar-refractivity contribution in [3.63, 3.8) is 0 Å². The van der Waals surface area contributed by atoms with Crippen molar-refractivity contribution in [2.45, 2.75) is 105 Å². The third-order valence-corrected chi connectivity index (χ3v) is 14.5. The molecular formula is C71H67N4OPt-3. The van der Waals surface area contributed by atoms with Crippen molar-refractivity contribution < 1.29 is 40.9 Å². The van der Waals surface area contributed by atoms with Crippen molar-refractivity contribution in [2.24, 2.45) is 5.41 Å². The number of hydrogen-bond donors (Lipinski definition) is 0. The molecule has 0 bridgehead atoms. The third kappa shape index (κ3) is 9.35. The van der Waals surface area contributed by atoms with Crippen LogP contribution < -0.4 is 9.64 Å². The van der Waals surface area contributed by atoms with Crippen molar-refractivity contribution >= 4 is 76.5 Å². The summed E-state index contributed by atoms with van der Waals surface area (Å²) in [6.07, 6.45) is -0.0258. The Morgan fingerprint density at radius 2 is 1.18 bits per heavy atom. The van der Waals surface area contributed by atoms with Gasteiger partial charge in [0.05, 0.1) is 0 Å². The zero-order valence-corrected chi connectivity index (χ0v) is 47.0. The molecule has 5 nitrogen and oxygen atoms in total. The maximum absolute atomic E-state index is 9.91. The SMILES string of the molecule is [2H]C([2H])([2H])C(c1cc(-c2cccc3c4cccc(C([2H])([2H])C(C)(C)C)c4c4ccccc4c4cccc5c4n(c23)[CH-]N5c2[c-]c(Oc3[c-]c4c(cc3)c3ccccc3n4-c3cc(C(C)(C)C)ccn3)ccc2)cc(C(C)(C)C)c1)(C([2H])([2H])[2H])C([2H])([2H])[2H].[Pt]. The van der Waals surface area contributed by atoms with Gasteiger partial charge in [-0.05, 0) is 141 Å². The molecule has 12 rings (SSSR count). The van der Waals surface area contributed by atoms with Crippen LogP contribution in [0, 0.1) is 24.2 Å². The number of rotatable bonds is 6. The van der Waals surface area contributed by atoms with Crippen molar-refractivity contribution in [1.82, 2.24) is 14.1 Å². The Balaban J connectivity index is 0.00000800. The van der Waals surface area contributed by atoms with E-state index in [-0.39, 0.29) is 32.0 Å². The van der Waals surface area contributed by atoms with Gasteiger partial charge in [-0.1, -0.05) is 203 Å². The fourth-order valence-corrected chi connectivity index (χ4v) is 10.9. The van der Waals surface area contributed by atoms with Crippen molar-refractivity contribution in [3.8, 4) is 28.4 Å². The summed E-state index contributed by atoms with van der Waals surface area (Å²) < 4.78 is 111. The summed E-state index contributed by atoms with van der Waals surface area (Å²) >= 11 is 0. The molecule has 0 aliphatic carbocycles. The Morgan fingerprint density at radius 1 is 0.558 bits per heavy atom. The number of anilines is 2. The van der Waals surface area contributed by atoms with Crippen molar-refractivity contribution in [3.05, 3.63) is 211 Å². The molecule has 6 heteroatoms. The fraction of sp³-hybridized carbons (Fsp3) is 0.239. The fourth-order valence-electron chi connectivity index (χ4n) is 10.9. The summed E-state index contributed by atoms with van der Waals surface area (Å²) in [5.41, 5.74) is 2.17. The van der Waals surface area contributed by atoms with Crippen LogP contribution in [0.4, 0.5) is 11.4 Å². The van der Waals surface area contributed by atoms with Crippen molar-refractivity contribution in [1.29, 1.82) is 0 Å². The summed E-state index contributed by atoms with van der Waals surface area (Å²) in [6, 6.07) is 59.6. The van der Waals surface area contributed by atoms with Gasteiger partial charge < -0.3 is 18.8 Å². The molecule has 77 heavy (non-hydrogen) atoms. The molecule has 0 radical (unpaired) electrons. The van der Waals surface area contributed by atoms with Gasteiger partial charge in [-0.2, -0.15) is 12.1 Å². The maximum atomic E-state index is 9.91. The first kappa shape index (κ1) is 40.0. The van der Waals surface area contributed by atoms with Gasteiger partial charge in [-0.3, -0.25) is 0 Å². The van der Waals surface area contributed by atoms with Gasteiger partial charge in [0, 0.05) is 65.0 Å². The Morgan fingerprint density at radius 3 is 1.92 bits per heavy atom.